The summed E-state index contributed by atoms with van der Waals surface area (Å²) in [6.45, 7) is 1.68. The number of hydrogen-bond donors (Lipinski definition) is 0. The third-order valence-electron chi connectivity index (χ3n) is 3.78. The van der Waals surface area contributed by atoms with Crippen LogP contribution in [0.4, 0.5) is 8.78 Å². The van der Waals surface area contributed by atoms with E-state index in [1.807, 2.05) is 0 Å². The molecular formula is C18H14BrF2NO2. The number of rotatable bonds is 3. The maximum absolute atomic E-state index is 14.4. The summed E-state index contributed by atoms with van der Waals surface area (Å²) in [5.41, 5.74) is 1.46. The van der Waals surface area contributed by atoms with Crippen molar-refractivity contribution < 1.29 is 18.3 Å². The van der Waals surface area contributed by atoms with Gasteiger partial charge in [0.1, 0.15) is 11.6 Å². The molecule has 3 nitrogen and oxygen atoms in total. The monoisotopic (exact) mass is 393 g/mol. The first-order valence-electron chi connectivity index (χ1n) is 7.36. The van der Waals surface area contributed by atoms with Crippen molar-refractivity contribution in [2.45, 2.75) is 13.3 Å². The minimum Gasteiger partial charge on any atom is -0.424 e. The van der Waals surface area contributed by atoms with Crippen molar-refractivity contribution >= 4 is 32.8 Å². The number of esters is 1. The number of fused-ring (bicyclic) bond motifs is 1. The lowest BCUT2D eigenvalue weighted by Crippen LogP contribution is -2.06. The fourth-order valence-electron chi connectivity index (χ4n) is 2.69. The number of halogens is 3. The van der Waals surface area contributed by atoms with Crippen molar-refractivity contribution in [3.05, 3.63) is 52.5 Å². The third-order valence-corrected chi connectivity index (χ3v) is 4.24. The van der Waals surface area contributed by atoms with Crippen molar-refractivity contribution in [1.82, 2.24) is 4.57 Å². The fraction of sp³-hybridized carbons (Fsp3) is 0.167. The zero-order valence-electron chi connectivity index (χ0n) is 13.1. The molecule has 24 heavy (non-hydrogen) atoms. The van der Waals surface area contributed by atoms with Crippen LogP contribution in [0.5, 0.6) is 5.75 Å². The SMILES string of the molecule is CCC(=O)Oc1c(-c2ccc(F)cc2)n(C)c2c(F)cc(Br)cc12. The summed E-state index contributed by atoms with van der Waals surface area (Å²) in [4.78, 5) is 11.8. The van der Waals surface area contributed by atoms with Gasteiger partial charge in [-0.3, -0.25) is 4.79 Å². The van der Waals surface area contributed by atoms with Crippen molar-refractivity contribution in [2.24, 2.45) is 7.05 Å². The van der Waals surface area contributed by atoms with Crippen LogP contribution in [0.1, 0.15) is 13.3 Å². The molecule has 0 bridgehead atoms. The van der Waals surface area contributed by atoms with Crippen LogP contribution in [0.25, 0.3) is 22.2 Å². The topological polar surface area (TPSA) is 31.2 Å². The Morgan fingerprint density at radius 1 is 1.21 bits per heavy atom. The summed E-state index contributed by atoms with van der Waals surface area (Å²) in [6.07, 6.45) is 0.190. The average molecular weight is 394 g/mol. The third kappa shape index (κ3) is 2.82. The van der Waals surface area contributed by atoms with Crippen LogP contribution in [0.3, 0.4) is 0 Å². The average Bonchev–Trinajstić information content (AvgIpc) is 2.80. The molecule has 0 radical (unpaired) electrons. The molecule has 6 heteroatoms. The number of nitrogens with zero attached hydrogens (tertiary/aromatic N) is 1. The molecule has 0 aliphatic rings. The number of benzene rings is 2. The molecule has 0 atom stereocenters. The van der Waals surface area contributed by atoms with Gasteiger partial charge in [-0.25, -0.2) is 8.78 Å². The first-order valence-corrected chi connectivity index (χ1v) is 8.15. The number of aromatic nitrogens is 1. The lowest BCUT2D eigenvalue weighted by atomic mass is 10.1. The highest BCUT2D eigenvalue weighted by atomic mass is 79.9. The molecule has 0 fully saturated rings. The number of ether oxygens (including phenoxy) is 1. The zero-order chi connectivity index (χ0) is 17.4. The Labute approximate surface area is 146 Å². The Morgan fingerprint density at radius 3 is 2.50 bits per heavy atom. The summed E-state index contributed by atoms with van der Waals surface area (Å²) in [6, 6.07) is 8.81. The molecule has 124 valence electrons. The molecule has 0 spiro atoms. The second kappa shape index (κ2) is 6.36. The van der Waals surface area contributed by atoms with E-state index < -0.39 is 11.8 Å². The van der Waals surface area contributed by atoms with Gasteiger partial charge in [0.05, 0.1) is 11.2 Å². The molecule has 0 saturated heterocycles. The van der Waals surface area contributed by atoms with Crippen LogP contribution in [0, 0.1) is 11.6 Å². The van der Waals surface area contributed by atoms with Gasteiger partial charge < -0.3 is 9.30 Å². The van der Waals surface area contributed by atoms with E-state index >= 15 is 0 Å². The number of aryl methyl sites for hydroxylation is 1. The van der Waals surface area contributed by atoms with Crippen LogP contribution in [-0.2, 0) is 11.8 Å². The second-order valence-corrected chi connectivity index (χ2v) is 6.27. The lowest BCUT2D eigenvalue weighted by molar-refractivity contribution is -0.133. The maximum atomic E-state index is 14.4. The normalized spacial score (nSPS) is 11.0. The predicted molar refractivity (Wildman–Crippen MR) is 91.9 cm³/mol. The van der Waals surface area contributed by atoms with E-state index in [0.29, 0.717) is 26.6 Å². The standard InChI is InChI=1S/C18H14BrF2NO2/c1-3-15(23)24-18-13-8-11(19)9-14(21)17(13)22(2)16(18)10-4-6-12(20)7-5-10/h4-9H,3H2,1-2H3. The Hall–Kier alpha value is -2.21. The molecule has 0 unspecified atom stereocenters. The molecule has 0 aliphatic carbocycles. The van der Waals surface area contributed by atoms with E-state index in [1.165, 1.54) is 18.2 Å². The molecule has 1 aromatic heterocycles. The summed E-state index contributed by atoms with van der Waals surface area (Å²) < 4.78 is 35.3. The van der Waals surface area contributed by atoms with E-state index in [2.05, 4.69) is 15.9 Å². The van der Waals surface area contributed by atoms with Crippen molar-refractivity contribution in [3.8, 4) is 17.0 Å². The van der Waals surface area contributed by atoms with Gasteiger partial charge in [-0.15, -0.1) is 0 Å². The summed E-state index contributed by atoms with van der Waals surface area (Å²) in [7, 11) is 1.68. The number of carbonyl (C=O) groups excluding carboxylic acids is 1. The molecule has 3 aromatic rings. The Bertz CT molecular complexity index is 933. The van der Waals surface area contributed by atoms with E-state index in [9.17, 15) is 13.6 Å². The quantitative estimate of drug-likeness (QED) is 0.572. The molecule has 0 amide bonds. The van der Waals surface area contributed by atoms with Crippen molar-refractivity contribution in [1.29, 1.82) is 0 Å². The molecule has 1 heterocycles. The van der Waals surface area contributed by atoms with Crippen LogP contribution in [0.15, 0.2) is 40.9 Å². The smallest absolute Gasteiger partial charge is 0.310 e. The Kier molecular flexibility index (Phi) is 4.41. The highest BCUT2D eigenvalue weighted by Crippen LogP contribution is 2.41. The molecule has 2 aromatic carbocycles. The zero-order valence-corrected chi connectivity index (χ0v) is 14.7. The van der Waals surface area contributed by atoms with E-state index in [4.69, 9.17) is 4.74 Å². The first kappa shape index (κ1) is 16.6. The Balaban J connectivity index is 2.35. The van der Waals surface area contributed by atoms with Crippen LogP contribution in [-0.4, -0.2) is 10.5 Å². The maximum Gasteiger partial charge on any atom is 0.310 e. The van der Waals surface area contributed by atoms with Gasteiger partial charge >= 0.3 is 5.97 Å². The van der Waals surface area contributed by atoms with E-state index in [-0.39, 0.29) is 18.0 Å². The lowest BCUT2D eigenvalue weighted by Gasteiger charge is -2.08. The van der Waals surface area contributed by atoms with E-state index in [0.717, 1.165) is 0 Å². The largest absolute Gasteiger partial charge is 0.424 e. The van der Waals surface area contributed by atoms with Gasteiger partial charge in [-0.1, -0.05) is 22.9 Å². The predicted octanol–water partition coefficient (Wildman–Crippen LogP) is 5.20. The fourth-order valence-corrected chi connectivity index (χ4v) is 3.12. The minimum absolute atomic E-state index is 0.190. The van der Waals surface area contributed by atoms with Gasteiger partial charge in [0, 0.05) is 28.9 Å². The van der Waals surface area contributed by atoms with Gasteiger partial charge in [0.25, 0.3) is 0 Å². The highest BCUT2D eigenvalue weighted by Gasteiger charge is 2.23. The Morgan fingerprint density at radius 2 is 1.88 bits per heavy atom. The van der Waals surface area contributed by atoms with Gasteiger partial charge in [0.15, 0.2) is 5.75 Å². The minimum atomic E-state index is -0.441. The van der Waals surface area contributed by atoms with E-state index in [1.54, 1.807) is 36.7 Å². The van der Waals surface area contributed by atoms with Crippen molar-refractivity contribution in [3.63, 3.8) is 0 Å². The second-order valence-electron chi connectivity index (χ2n) is 5.36. The van der Waals surface area contributed by atoms with Gasteiger partial charge in [0.2, 0.25) is 0 Å². The molecule has 0 aliphatic heterocycles. The summed E-state index contributed by atoms with van der Waals surface area (Å²) in [5, 5.41) is 0.477. The highest BCUT2D eigenvalue weighted by molar-refractivity contribution is 9.10. The molecule has 3 rings (SSSR count). The summed E-state index contributed by atoms with van der Waals surface area (Å²) in [5.74, 6) is -0.972. The van der Waals surface area contributed by atoms with Gasteiger partial charge in [-0.2, -0.15) is 0 Å². The first-order chi connectivity index (χ1) is 11.4. The summed E-state index contributed by atoms with van der Waals surface area (Å²) >= 11 is 3.26. The number of hydrogen-bond acceptors (Lipinski definition) is 2. The molecular weight excluding hydrogens is 380 g/mol. The van der Waals surface area contributed by atoms with Gasteiger partial charge in [-0.05, 0) is 36.4 Å². The van der Waals surface area contributed by atoms with Crippen LogP contribution in [0.2, 0.25) is 0 Å². The number of carbonyl (C=O) groups is 1. The molecule has 0 saturated carbocycles. The molecule has 0 N–H and O–H groups in total. The van der Waals surface area contributed by atoms with Crippen LogP contribution >= 0.6 is 15.9 Å². The van der Waals surface area contributed by atoms with Crippen molar-refractivity contribution in [2.75, 3.05) is 0 Å². The van der Waals surface area contributed by atoms with Crippen LogP contribution < -0.4 is 4.74 Å².